The summed E-state index contributed by atoms with van der Waals surface area (Å²) in [4.78, 5) is 22.1. The second-order valence-electron chi connectivity index (χ2n) is 3.70. The molecule has 0 bridgehead atoms. The van der Waals surface area contributed by atoms with Crippen LogP contribution in [0.4, 0.5) is 8.78 Å². The molecule has 1 amide bonds. The van der Waals surface area contributed by atoms with Crippen molar-refractivity contribution in [2.45, 2.75) is 6.92 Å². The molecule has 1 unspecified atom stereocenters. The highest BCUT2D eigenvalue weighted by Gasteiger charge is 2.17. The first kappa shape index (κ1) is 14.4. The summed E-state index contributed by atoms with van der Waals surface area (Å²) in [7, 11) is 0. The summed E-state index contributed by atoms with van der Waals surface area (Å²) in [5.41, 5.74) is -0.242. The van der Waals surface area contributed by atoms with Crippen molar-refractivity contribution >= 4 is 23.5 Å². The molecule has 1 aromatic rings. The third-order valence-electron chi connectivity index (χ3n) is 2.24. The van der Waals surface area contributed by atoms with Gasteiger partial charge in [0.05, 0.1) is 16.5 Å². The summed E-state index contributed by atoms with van der Waals surface area (Å²) in [5, 5.41) is 10.6. The highest BCUT2D eigenvalue weighted by molar-refractivity contribution is 6.33. The van der Waals surface area contributed by atoms with Crippen molar-refractivity contribution in [2.24, 2.45) is 5.92 Å². The fourth-order valence-corrected chi connectivity index (χ4v) is 1.36. The smallest absolute Gasteiger partial charge is 0.308 e. The van der Waals surface area contributed by atoms with Gasteiger partial charge in [-0.1, -0.05) is 18.5 Å². The van der Waals surface area contributed by atoms with Gasteiger partial charge in [-0.3, -0.25) is 9.59 Å². The van der Waals surface area contributed by atoms with E-state index >= 15 is 0 Å². The summed E-state index contributed by atoms with van der Waals surface area (Å²) in [6.07, 6.45) is 0. The molecule has 18 heavy (non-hydrogen) atoms. The number of hydrogen-bond donors (Lipinski definition) is 2. The van der Waals surface area contributed by atoms with Crippen LogP contribution in [-0.4, -0.2) is 23.5 Å². The molecule has 1 aromatic carbocycles. The molecule has 0 heterocycles. The van der Waals surface area contributed by atoms with E-state index in [1.165, 1.54) is 6.92 Å². The van der Waals surface area contributed by atoms with E-state index in [-0.39, 0.29) is 17.1 Å². The molecular weight excluding hydrogens is 268 g/mol. The summed E-state index contributed by atoms with van der Waals surface area (Å²) in [6, 6.07) is 1.35. The van der Waals surface area contributed by atoms with Crippen LogP contribution in [-0.2, 0) is 4.79 Å². The van der Waals surface area contributed by atoms with Crippen LogP contribution in [0, 0.1) is 17.6 Å². The normalized spacial score (nSPS) is 12.0. The Balaban J connectivity index is 2.79. The van der Waals surface area contributed by atoms with Crippen molar-refractivity contribution in [3.05, 3.63) is 34.4 Å². The molecule has 1 atom stereocenters. The van der Waals surface area contributed by atoms with Gasteiger partial charge in [0.1, 0.15) is 0 Å². The Hall–Kier alpha value is -1.69. The Morgan fingerprint density at radius 3 is 2.50 bits per heavy atom. The van der Waals surface area contributed by atoms with E-state index in [2.05, 4.69) is 5.32 Å². The number of rotatable bonds is 4. The topological polar surface area (TPSA) is 66.4 Å². The lowest BCUT2D eigenvalue weighted by molar-refractivity contribution is -0.140. The average molecular weight is 278 g/mol. The van der Waals surface area contributed by atoms with Crippen LogP contribution in [0.25, 0.3) is 0 Å². The Morgan fingerprint density at radius 2 is 1.94 bits per heavy atom. The van der Waals surface area contributed by atoms with Gasteiger partial charge >= 0.3 is 5.97 Å². The van der Waals surface area contributed by atoms with Crippen molar-refractivity contribution in [3.63, 3.8) is 0 Å². The van der Waals surface area contributed by atoms with Crippen LogP contribution < -0.4 is 5.32 Å². The van der Waals surface area contributed by atoms with Crippen LogP contribution >= 0.6 is 11.6 Å². The molecule has 0 saturated heterocycles. The minimum atomic E-state index is -1.20. The van der Waals surface area contributed by atoms with E-state index in [4.69, 9.17) is 16.7 Å². The maximum absolute atomic E-state index is 12.9. The van der Waals surface area contributed by atoms with Crippen LogP contribution in [0.2, 0.25) is 5.02 Å². The van der Waals surface area contributed by atoms with Crippen molar-refractivity contribution in [1.82, 2.24) is 5.32 Å². The second-order valence-corrected chi connectivity index (χ2v) is 4.10. The van der Waals surface area contributed by atoms with Crippen molar-refractivity contribution in [3.8, 4) is 0 Å². The largest absolute Gasteiger partial charge is 0.481 e. The number of nitrogens with one attached hydrogen (secondary N) is 1. The zero-order chi connectivity index (χ0) is 13.9. The molecule has 1 rings (SSSR count). The van der Waals surface area contributed by atoms with Gasteiger partial charge in [0, 0.05) is 6.54 Å². The Morgan fingerprint density at radius 1 is 1.39 bits per heavy atom. The number of benzene rings is 1. The number of amides is 1. The van der Waals surface area contributed by atoms with E-state index < -0.39 is 29.4 Å². The number of carbonyl (C=O) groups is 2. The van der Waals surface area contributed by atoms with Crippen molar-refractivity contribution < 1.29 is 23.5 Å². The Kier molecular flexibility index (Phi) is 4.61. The van der Waals surface area contributed by atoms with E-state index in [0.29, 0.717) is 12.1 Å². The van der Waals surface area contributed by atoms with E-state index in [9.17, 15) is 18.4 Å². The molecule has 0 aliphatic rings. The molecule has 0 aliphatic carbocycles. The minimum Gasteiger partial charge on any atom is -0.481 e. The summed E-state index contributed by atoms with van der Waals surface area (Å²) < 4.78 is 25.7. The predicted molar refractivity (Wildman–Crippen MR) is 60.5 cm³/mol. The molecule has 2 N–H and O–H groups in total. The van der Waals surface area contributed by atoms with Gasteiger partial charge in [-0.25, -0.2) is 8.78 Å². The zero-order valence-electron chi connectivity index (χ0n) is 9.34. The maximum atomic E-state index is 12.9. The van der Waals surface area contributed by atoms with Gasteiger partial charge in [0.15, 0.2) is 11.6 Å². The molecule has 0 spiro atoms. The van der Waals surface area contributed by atoms with Crippen molar-refractivity contribution in [2.75, 3.05) is 6.54 Å². The number of carboxylic acids is 1. The highest BCUT2D eigenvalue weighted by atomic mass is 35.5. The Bertz CT molecular complexity index is 493. The summed E-state index contributed by atoms with van der Waals surface area (Å²) in [6.45, 7) is 1.26. The van der Waals surface area contributed by atoms with Crippen molar-refractivity contribution in [1.29, 1.82) is 0 Å². The molecule has 0 aromatic heterocycles. The molecular formula is C11H10ClF2NO3. The van der Waals surface area contributed by atoms with Crippen LogP contribution in [0.15, 0.2) is 12.1 Å². The molecule has 4 nitrogen and oxygen atoms in total. The number of carboxylic acid groups (broad SMARTS) is 1. The molecule has 0 aliphatic heterocycles. The van der Waals surface area contributed by atoms with Crippen LogP contribution in [0.3, 0.4) is 0 Å². The fraction of sp³-hybridized carbons (Fsp3) is 0.273. The van der Waals surface area contributed by atoms with Crippen LogP contribution in [0.5, 0.6) is 0 Å². The predicted octanol–water partition coefficient (Wildman–Crippen LogP) is 2.07. The zero-order valence-corrected chi connectivity index (χ0v) is 10.1. The van der Waals surface area contributed by atoms with Gasteiger partial charge in [0.2, 0.25) is 0 Å². The monoisotopic (exact) mass is 277 g/mol. The van der Waals surface area contributed by atoms with Crippen LogP contribution in [0.1, 0.15) is 17.3 Å². The minimum absolute atomic E-state index is 0.135. The first-order valence-electron chi connectivity index (χ1n) is 4.98. The molecule has 0 fully saturated rings. The first-order chi connectivity index (χ1) is 8.32. The first-order valence-corrected chi connectivity index (χ1v) is 5.36. The van der Waals surface area contributed by atoms with Gasteiger partial charge in [-0.05, 0) is 12.1 Å². The van der Waals surface area contributed by atoms with Gasteiger partial charge in [-0.2, -0.15) is 0 Å². The van der Waals surface area contributed by atoms with E-state index in [1.807, 2.05) is 0 Å². The lowest BCUT2D eigenvalue weighted by Gasteiger charge is -2.09. The highest BCUT2D eigenvalue weighted by Crippen LogP contribution is 2.19. The van der Waals surface area contributed by atoms with E-state index in [0.717, 1.165) is 0 Å². The third kappa shape index (κ3) is 3.40. The van der Waals surface area contributed by atoms with Gasteiger partial charge in [0.25, 0.3) is 5.91 Å². The number of carbonyl (C=O) groups excluding carboxylic acids is 1. The number of hydrogen-bond acceptors (Lipinski definition) is 2. The maximum Gasteiger partial charge on any atom is 0.308 e. The molecule has 0 saturated carbocycles. The van der Waals surface area contributed by atoms with E-state index in [1.54, 1.807) is 0 Å². The lowest BCUT2D eigenvalue weighted by Crippen LogP contribution is -2.31. The molecule has 0 radical (unpaired) electrons. The number of halogens is 3. The number of aliphatic carboxylic acids is 1. The summed E-state index contributed by atoms with van der Waals surface area (Å²) in [5.74, 6) is -4.98. The summed E-state index contributed by atoms with van der Waals surface area (Å²) >= 11 is 5.59. The van der Waals surface area contributed by atoms with Gasteiger partial charge in [-0.15, -0.1) is 0 Å². The average Bonchev–Trinajstić information content (AvgIpc) is 2.30. The SMILES string of the molecule is CC(CNC(=O)c1cc(F)c(F)cc1Cl)C(=O)O. The lowest BCUT2D eigenvalue weighted by atomic mass is 10.1. The third-order valence-corrected chi connectivity index (χ3v) is 2.56. The standard InChI is InChI=1S/C11H10ClF2NO3/c1-5(11(17)18)4-15-10(16)6-2-8(13)9(14)3-7(6)12/h2-3,5H,4H2,1H3,(H,15,16)(H,17,18). The van der Waals surface area contributed by atoms with Gasteiger partial charge < -0.3 is 10.4 Å². The Labute approximate surface area is 107 Å². The quantitative estimate of drug-likeness (QED) is 0.828. The molecule has 7 heteroatoms. The molecule has 98 valence electrons. The second kappa shape index (κ2) is 5.77. The fourth-order valence-electron chi connectivity index (χ4n) is 1.12.